The molecule has 9 heteroatoms. The number of piperidine rings is 1. The summed E-state index contributed by atoms with van der Waals surface area (Å²) in [7, 11) is 3.27. The van der Waals surface area contributed by atoms with E-state index in [0.717, 1.165) is 18.9 Å². The standard InChI is InChI=1S/C24H29F2N5O2/c1-23-7-8-24(2,30-23)22(26)18(11-23)31(4)20-13-28-17(12-29-20)15-10-16(25)14(9-19(15)32)5-6-21(33)27-3/h5-6,9-10,12-13,18,22,30,32H,7-8,11H2,1-4H3,(H,27,33)/b6-5+/t18-,22-,23-,24+/m1/s1. The van der Waals surface area contributed by atoms with Crippen LogP contribution >= 0.6 is 0 Å². The maximum atomic E-state index is 15.4. The van der Waals surface area contributed by atoms with Crippen LogP contribution in [-0.2, 0) is 4.79 Å². The highest BCUT2D eigenvalue weighted by Crippen LogP contribution is 2.45. The zero-order chi connectivity index (χ0) is 24.0. The van der Waals surface area contributed by atoms with Crippen LogP contribution in [0, 0.1) is 5.82 Å². The predicted molar refractivity (Wildman–Crippen MR) is 123 cm³/mol. The summed E-state index contributed by atoms with van der Waals surface area (Å²) in [5.41, 5.74) is -0.140. The van der Waals surface area contributed by atoms with Gasteiger partial charge in [0.15, 0.2) is 0 Å². The molecule has 4 atom stereocenters. The molecule has 2 bridgehead atoms. The minimum Gasteiger partial charge on any atom is -0.507 e. The van der Waals surface area contributed by atoms with E-state index in [-0.39, 0.29) is 40.1 Å². The number of rotatable bonds is 5. The fraction of sp³-hybridized carbons (Fsp3) is 0.458. The number of anilines is 1. The molecule has 2 fully saturated rings. The van der Waals surface area contributed by atoms with Gasteiger partial charge in [-0.2, -0.15) is 0 Å². The van der Waals surface area contributed by atoms with Crippen molar-refractivity contribution in [3.8, 4) is 17.0 Å². The quantitative estimate of drug-likeness (QED) is 0.598. The van der Waals surface area contributed by atoms with Crippen LogP contribution in [0.2, 0.25) is 0 Å². The lowest BCUT2D eigenvalue weighted by Gasteiger charge is -2.47. The van der Waals surface area contributed by atoms with Gasteiger partial charge in [0.2, 0.25) is 5.91 Å². The van der Waals surface area contributed by atoms with Gasteiger partial charge in [-0.1, -0.05) is 0 Å². The highest BCUT2D eigenvalue weighted by Gasteiger charge is 2.56. The minimum absolute atomic E-state index is 0.0701. The number of alkyl halides is 1. The number of aromatic nitrogens is 2. The molecule has 2 aromatic rings. The summed E-state index contributed by atoms with van der Waals surface area (Å²) in [5, 5.41) is 16.3. The van der Waals surface area contributed by atoms with Gasteiger partial charge in [-0.15, -0.1) is 0 Å². The number of benzene rings is 1. The Labute approximate surface area is 191 Å². The van der Waals surface area contributed by atoms with E-state index >= 15 is 4.39 Å². The molecule has 0 saturated carbocycles. The summed E-state index contributed by atoms with van der Waals surface area (Å²) in [6.45, 7) is 4.06. The van der Waals surface area contributed by atoms with Crippen molar-refractivity contribution < 1.29 is 18.7 Å². The van der Waals surface area contributed by atoms with E-state index in [2.05, 4.69) is 27.5 Å². The topological polar surface area (TPSA) is 90.4 Å². The third kappa shape index (κ3) is 4.29. The minimum atomic E-state index is -1.06. The van der Waals surface area contributed by atoms with Crippen molar-refractivity contribution >= 4 is 17.8 Å². The lowest BCUT2D eigenvalue weighted by Crippen LogP contribution is -2.65. The number of hydrogen-bond acceptors (Lipinski definition) is 6. The molecule has 7 nitrogen and oxygen atoms in total. The molecule has 33 heavy (non-hydrogen) atoms. The third-order valence-electron chi connectivity index (χ3n) is 6.94. The number of phenols is 1. The molecule has 2 aliphatic heterocycles. The molecule has 2 saturated heterocycles. The molecule has 3 heterocycles. The lowest BCUT2D eigenvalue weighted by molar-refractivity contribution is -0.115. The molecule has 4 rings (SSSR count). The third-order valence-corrected chi connectivity index (χ3v) is 6.94. The Morgan fingerprint density at radius 3 is 2.73 bits per heavy atom. The summed E-state index contributed by atoms with van der Waals surface area (Å²) >= 11 is 0. The first-order chi connectivity index (χ1) is 15.5. The fourth-order valence-corrected chi connectivity index (χ4v) is 5.00. The Kier molecular flexibility index (Phi) is 5.86. The van der Waals surface area contributed by atoms with E-state index in [0.29, 0.717) is 12.2 Å². The first-order valence-electron chi connectivity index (χ1n) is 11.0. The van der Waals surface area contributed by atoms with Crippen molar-refractivity contribution in [3.05, 3.63) is 42.0 Å². The average molecular weight is 458 g/mol. The summed E-state index contributed by atoms with van der Waals surface area (Å²) < 4.78 is 29.9. The van der Waals surface area contributed by atoms with Crippen molar-refractivity contribution in [3.63, 3.8) is 0 Å². The first kappa shape index (κ1) is 23.1. The Morgan fingerprint density at radius 1 is 1.30 bits per heavy atom. The number of nitrogens with zero attached hydrogens (tertiary/aromatic N) is 3. The Balaban J connectivity index is 1.56. The van der Waals surface area contributed by atoms with Crippen molar-refractivity contribution in [1.82, 2.24) is 20.6 Å². The van der Waals surface area contributed by atoms with E-state index in [1.165, 1.54) is 37.7 Å². The van der Waals surface area contributed by atoms with E-state index in [4.69, 9.17) is 0 Å². The normalized spacial score (nSPS) is 28.8. The van der Waals surface area contributed by atoms with Gasteiger partial charge in [0.25, 0.3) is 0 Å². The average Bonchev–Trinajstić information content (AvgIpc) is 3.07. The maximum absolute atomic E-state index is 15.4. The molecule has 3 N–H and O–H groups in total. The van der Waals surface area contributed by atoms with Crippen LogP contribution in [0.3, 0.4) is 0 Å². The summed E-state index contributed by atoms with van der Waals surface area (Å²) in [4.78, 5) is 21.9. The van der Waals surface area contributed by atoms with Gasteiger partial charge < -0.3 is 20.6 Å². The molecule has 1 aromatic carbocycles. The summed E-state index contributed by atoms with van der Waals surface area (Å²) in [6, 6.07) is 2.03. The van der Waals surface area contributed by atoms with Gasteiger partial charge in [-0.05, 0) is 51.3 Å². The van der Waals surface area contributed by atoms with E-state index in [1.54, 1.807) is 0 Å². The van der Waals surface area contributed by atoms with Crippen molar-refractivity contribution in [2.45, 2.75) is 56.4 Å². The number of carbonyl (C=O) groups excluding carboxylic acids is 1. The van der Waals surface area contributed by atoms with Gasteiger partial charge >= 0.3 is 0 Å². The van der Waals surface area contributed by atoms with Crippen molar-refractivity contribution in [2.24, 2.45) is 0 Å². The smallest absolute Gasteiger partial charge is 0.243 e. The fourth-order valence-electron chi connectivity index (χ4n) is 5.00. The number of fused-ring (bicyclic) bond motifs is 2. The van der Waals surface area contributed by atoms with Crippen LogP contribution in [0.5, 0.6) is 5.75 Å². The largest absolute Gasteiger partial charge is 0.507 e. The van der Waals surface area contributed by atoms with Gasteiger partial charge in [0.05, 0.1) is 24.1 Å². The molecular weight excluding hydrogens is 428 g/mol. The molecule has 2 aliphatic rings. The number of hydrogen-bond donors (Lipinski definition) is 3. The number of carbonyl (C=O) groups is 1. The molecular formula is C24H29F2N5O2. The van der Waals surface area contributed by atoms with E-state index < -0.39 is 17.5 Å². The maximum Gasteiger partial charge on any atom is 0.243 e. The predicted octanol–water partition coefficient (Wildman–Crippen LogP) is 3.19. The Morgan fingerprint density at radius 2 is 2.06 bits per heavy atom. The molecule has 1 amide bonds. The first-order valence-corrected chi connectivity index (χ1v) is 11.0. The molecule has 0 spiro atoms. The second-order valence-corrected chi connectivity index (χ2v) is 9.49. The van der Waals surface area contributed by atoms with Crippen LogP contribution in [0.15, 0.2) is 30.6 Å². The second kappa shape index (κ2) is 8.37. The SMILES string of the molecule is CNC(=O)/C=C/c1cc(O)c(-c2cnc(N(C)[C@@H]3C[C@@]4(C)CC[C@](C)(N4)[C@@H]3F)cn2)cc1F. The monoisotopic (exact) mass is 457 g/mol. The zero-order valence-corrected chi connectivity index (χ0v) is 19.2. The van der Waals surface area contributed by atoms with Crippen LogP contribution in [0.25, 0.3) is 17.3 Å². The molecule has 0 aliphatic carbocycles. The zero-order valence-electron chi connectivity index (χ0n) is 19.2. The van der Waals surface area contributed by atoms with E-state index in [9.17, 15) is 14.3 Å². The molecule has 0 radical (unpaired) electrons. The number of likely N-dealkylation sites (N-methyl/N-ethyl adjacent to an activating group) is 1. The summed E-state index contributed by atoms with van der Waals surface area (Å²) in [5.74, 6) is -0.686. The van der Waals surface area contributed by atoms with Crippen molar-refractivity contribution in [2.75, 3.05) is 19.0 Å². The number of phenolic OH excluding ortho intramolecular Hbond substituents is 1. The number of aromatic hydroxyl groups is 1. The van der Waals surface area contributed by atoms with E-state index in [1.807, 2.05) is 18.9 Å². The molecule has 0 unspecified atom stereocenters. The van der Waals surface area contributed by atoms with Gasteiger partial charge in [-0.25, -0.2) is 13.8 Å². The highest BCUT2D eigenvalue weighted by atomic mass is 19.1. The van der Waals surface area contributed by atoms with Crippen LogP contribution in [0.1, 0.15) is 38.7 Å². The number of halogens is 2. The van der Waals surface area contributed by atoms with Gasteiger partial charge in [0.1, 0.15) is 23.6 Å². The van der Waals surface area contributed by atoms with Gasteiger partial charge in [0, 0.05) is 42.4 Å². The molecule has 176 valence electrons. The number of amides is 1. The molecule has 1 aromatic heterocycles. The number of nitrogens with one attached hydrogen (secondary N) is 2. The second-order valence-electron chi connectivity index (χ2n) is 9.49. The Hall–Kier alpha value is -3.07. The highest BCUT2D eigenvalue weighted by molar-refractivity contribution is 5.91. The lowest BCUT2D eigenvalue weighted by atomic mass is 9.82. The van der Waals surface area contributed by atoms with Crippen LogP contribution < -0.4 is 15.5 Å². The van der Waals surface area contributed by atoms with Crippen molar-refractivity contribution in [1.29, 1.82) is 0 Å². The van der Waals surface area contributed by atoms with Gasteiger partial charge in [-0.3, -0.25) is 9.78 Å². The van der Waals surface area contributed by atoms with Crippen LogP contribution in [-0.4, -0.2) is 58.4 Å². The van der Waals surface area contributed by atoms with Crippen LogP contribution in [0.4, 0.5) is 14.6 Å². The summed E-state index contributed by atoms with van der Waals surface area (Å²) in [6.07, 6.45) is 6.71. The Bertz CT molecular complexity index is 1090.